The van der Waals surface area contributed by atoms with E-state index < -0.39 is 0 Å². The Bertz CT molecular complexity index is 3200. The van der Waals surface area contributed by atoms with Gasteiger partial charge >= 0.3 is 0 Å². The molecule has 0 aliphatic heterocycles. The molecule has 0 aliphatic rings. The Labute approximate surface area is 317 Å². The van der Waals surface area contributed by atoms with Crippen LogP contribution in [0.3, 0.4) is 0 Å². The largest absolute Gasteiger partial charge is 0.456 e. The number of hydrogen-bond donors (Lipinski definition) is 0. The molecule has 0 bridgehead atoms. The van der Waals surface area contributed by atoms with Crippen molar-refractivity contribution in [1.29, 1.82) is 0 Å². The van der Waals surface area contributed by atoms with Crippen molar-refractivity contribution in [2.45, 2.75) is 0 Å². The second-order valence-electron chi connectivity index (χ2n) is 14.0. The van der Waals surface area contributed by atoms with Crippen molar-refractivity contribution in [1.82, 2.24) is 4.98 Å². The number of furan rings is 1. The van der Waals surface area contributed by atoms with Gasteiger partial charge in [0.1, 0.15) is 16.7 Å². The average molecular weight is 705 g/mol. The number of hydrogen-bond acceptors (Lipinski definition) is 4. The van der Waals surface area contributed by atoms with Crippen LogP contribution in [0.25, 0.3) is 88.3 Å². The molecule has 9 aromatic carbocycles. The lowest BCUT2D eigenvalue weighted by Gasteiger charge is -2.26. The Morgan fingerprint density at radius 1 is 0.364 bits per heavy atom. The molecule has 0 atom stereocenters. The predicted octanol–water partition coefficient (Wildman–Crippen LogP) is 14.5. The fourth-order valence-electron chi connectivity index (χ4n) is 7.96. The predicted molar refractivity (Wildman–Crippen MR) is 227 cm³/mol. The molecule has 0 radical (unpaired) electrons. The van der Waals surface area contributed by atoms with E-state index in [9.17, 15) is 0 Å². The lowest BCUT2D eigenvalue weighted by Crippen LogP contribution is -2.09. The molecule has 0 N–H and O–H groups in total. The summed E-state index contributed by atoms with van der Waals surface area (Å²) in [6.07, 6.45) is 0. The summed E-state index contributed by atoms with van der Waals surface area (Å²) >= 11 is 0. The summed E-state index contributed by atoms with van der Waals surface area (Å²) in [6, 6.07) is 68.2. The first-order valence-corrected chi connectivity index (χ1v) is 18.5. The number of para-hydroxylation sites is 2. The zero-order valence-electron chi connectivity index (χ0n) is 29.7. The van der Waals surface area contributed by atoms with Crippen LogP contribution < -0.4 is 4.90 Å². The van der Waals surface area contributed by atoms with Crippen molar-refractivity contribution in [3.63, 3.8) is 0 Å². The maximum Gasteiger partial charge on any atom is 0.227 e. The molecule has 0 saturated carbocycles. The molecule has 11 aromatic rings. The number of nitrogens with zero attached hydrogens (tertiary/aromatic N) is 2. The summed E-state index contributed by atoms with van der Waals surface area (Å²) in [4.78, 5) is 7.19. The van der Waals surface area contributed by atoms with Crippen LogP contribution in [-0.4, -0.2) is 4.98 Å². The monoisotopic (exact) mass is 704 g/mol. The molecule has 4 nitrogen and oxygen atoms in total. The summed E-state index contributed by atoms with van der Waals surface area (Å²) < 4.78 is 12.7. The van der Waals surface area contributed by atoms with Gasteiger partial charge in [0.2, 0.25) is 5.89 Å². The van der Waals surface area contributed by atoms with Crippen molar-refractivity contribution in [2.24, 2.45) is 0 Å². The Morgan fingerprint density at radius 2 is 0.982 bits per heavy atom. The summed E-state index contributed by atoms with van der Waals surface area (Å²) in [7, 11) is 0. The minimum absolute atomic E-state index is 0.630. The fourth-order valence-corrected chi connectivity index (χ4v) is 7.96. The van der Waals surface area contributed by atoms with Gasteiger partial charge in [-0.25, -0.2) is 4.98 Å². The first-order valence-electron chi connectivity index (χ1n) is 18.5. The SMILES string of the molecule is c1ccc(-c2nc3ccc4ccc5ccc(-c6cccc(N(c7ccccc7)c7ccc(-c8ccc9c(c8)oc8ccccc89)cc7)c6)cc5c4c3o2)cc1. The quantitative estimate of drug-likeness (QED) is 0.162. The second kappa shape index (κ2) is 12.6. The van der Waals surface area contributed by atoms with Crippen molar-refractivity contribution in [2.75, 3.05) is 4.90 Å². The molecule has 2 heterocycles. The van der Waals surface area contributed by atoms with Gasteiger partial charge in [-0.15, -0.1) is 0 Å². The van der Waals surface area contributed by atoms with Gasteiger partial charge in [0.15, 0.2) is 5.58 Å². The maximum atomic E-state index is 6.52. The highest BCUT2D eigenvalue weighted by atomic mass is 16.3. The van der Waals surface area contributed by atoms with E-state index in [2.05, 4.69) is 157 Å². The molecule has 11 rings (SSSR count). The molecular weight excluding hydrogens is 673 g/mol. The molecular formula is C51H32N2O2. The van der Waals surface area contributed by atoms with Gasteiger partial charge in [0.25, 0.3) is 0 Å². The number of benzene rings is 9. The highest BCUT2D eigenvalue weighted by molar-refractivity contribution is 6.18. The van der Waals surface area contributed by atoms with E-state index in [0.717, 1.165) is 99.5 Å². The molecule has 0 saturated heterocycles. The standard InChI is InChI=1S/C51H32N2O2/c1-3-10-36(11-4-1)51-52-46-29-25-35-20-18-34-19-21-38(31-45(34)49(35)50(46)55-51)37-12-9-15-42(30-37)53(40-13-5-2-6-14-40)41-26-22-33(23-27-41)39-24-28-44-43-16-7-8-17-47(43)54-48(44)32-39/h1-32H. The smallest absolute Gasteiger partial charge is 0.227 e. The molecule has 258 valence electrons. The lowest BCUT2D eigenvalue weighted by molar-refractivity contribution is 0.623. The summed E-state index contributed by atoms with van der Waals surface area (Å²) in [6.45, 7) is 0. The minimum Gasteiger partial charge on any atom is -0.456 e. The number of aromatic nitrogens is 1. The van der Waals surface area contributed by atoms with Gasteiger partial charge in [-0.2, -0.15) is 0 Å². The zero-order chi connectivity index (χ0) is 36.3. The van der Waals surface area contributed by atoms with Crippen LogP contribution in [0.15, 0.2) is 203 Å². The topological polar surface area (TPSA) is 42.4 Å². The van der Waals surface area contributed by atoms with Crippen LogP contribution in [0.1, 0.15) is 0 Å². The van der Waals surface area contributed by atoms with Crippen LogP contribution in [0, 0.1) is 0 Å². The van der Waals surface area contributed by atoms with E-state index in [1.54, 1.807) is 0 Å². The molecule has 0 unspecified atom stereocenters. The van der Waals surface area contributed by atoms with Gasteiger partial charge in [0, 0.05) is 38.8 Å². The van der Waals surface area contributed by atoms with Crippen LogP contribution in [-0.2, 0) is 0 Å². The van der Waals surface area contributed by atoms with Gasteiger partial charge in [0.05, 0.1) is 0 Å². The van der Waals surface area contributed by atoms with E-state index in [-0.39, 0.29) is 0 Å². The van der Waals surface area contributed by atoms with Crippen LogP contribution in [0.4, 0.5) is 17.1 Å². The number of anilines is 3. The molecule has 0 spiro atoms. The van der Waals surface area contributed by atoms with Crippen molar-refractivity contribution in [3.05, 3.63) is 194 Å². The van der Waals surface area contributed by atoms with E-state index in [1.165, 1.54) is 0 Å². The van der Waals surface area contributed by atoms with Gasteiger partial charge in [-0.3, -0.25) is 0 Å². The maximum absolute atomic E-state index is 6.52. The summed E-state index contributed by atoms with van der Waals surface area (Å²) in [5, 5.41) is 6.77. The van der Waals surface area contributed by atoms with Crippen molar-refractivity contribution in [3.8, 4) is 33.7 Å². The Hall–Kier alpha value is -7.43. The Kier molecular flexibility index (Phi) is 7.14. The zero-order valence-corrected chi connectivity index (χ0v) is 29.7. The lowest BCUT2D eigenvalue weighted by atomic mass is 9.96. The van der Waals surface area contributed by atoms with Crippen LogP contribution in [0.5, 0.6) is 0 Å². The first-order chi connectivity index (χ1) is 27.2. The van der Waals surface area contributed by atoms with Gasteiger partial charge in [-0.05, 0) is 117 Å². The van der Waals surface area contributed by atoms with E-state index >= 15 is 0 Å². The Balaban J connectivity index is 0.990. The molecule has 0 fully saturated rings. The van der Waals surface area contributed by atoms with E-state index in [1.807, 2.05) is 42.5 Å². The summed E-state index contributed by atoms with van der Waals surface area (Å²) in [5.74, 6) is 0.630. The van der Waals surface area contributed by atoms with Gasteiger partial charge < -0.3 is 13.7 Å². The van der Waals surface area contributed by atoms with Crippen molar-refractivity contribution < 1.29 is 8.83 Å². The number of oxazole rings is 1. The molecule has 55 heavy (non-hydrogen) atoms. The van der Waals surface area contributed by atoms with E-state index in [4.69, 9.17) is 13.8 Å². The third-order valence-electron chi connectivity index (χ3n) is 10.7. The van der Waals surface area contributed by atoms with Crippen LogP contribution >= 0.6 is 0 Å². The summed E-state index contributed by atoms with van der Waals surface area (Å²) in [5.41, 5.74) is 12.2. The molecule has 0 amide bonds. The normalized spacial score (nSPS) is 11.6. The highest BCUT2D eigenvalue weighted by Gasteiger charge is 2.17. The first kappa shape index (κ1) is 31.1. The fraction of sp³-hybridized carbons (Fsp3) is 0. The molecule has 4 heteroatoms. The third kappa shape index (κ3) is 5.34. The van der Waals surface area contributed by atoms with Crippen molar-refractivity contribution >= 4 is 71.6 Å². The number of fused-ring (bicyclic) bond motifs is 8. The second-order valence-corrected chi connectivity index (χ2v) is 14.0. The van der Waals surface area contributed by atoms with Crippen LogP contribution in [0.2, 0.25) is 0 Å². The molecule has 2 aromatic heterocycles. The Morgan fingerprint density at radius 3 is 1.85 bits per heavy atom. The third-order valence-corrected chi connectivity index (χ3v) is 10.7. The minimum atomic E-state index is 0.630. The van der Waals surface area contributed by atoms with E-state index in [0.29, 0.717) is 5.89 Å². The highest BCUT2D eigenvalue weighted by Crippen LogP contribution is 2.40. The van der Waals surface area contributed by atoms with Gasteiger partial charge in [-0.1, -0.05) is 115 Å². The number of rotatable bonds is 6. The molecule has 0 aliphatic carbocycles. The average Bonchev–Trinajstić information content (AvgIpc) is 3.86.